The van der Waals surface area contributed by atoms with Crippen LogP contribution in [0.5, 0.6) is 11.5 Å². The molecule has 144 valence electrons. The summed E-state index contributed by atoms with van der Waals surface area (Å²) in [5.74, 6) is 2.46. The molecule has 0 unspecified atom stereocenters. The molecule has 0 spiro atoms. The molecule has 1 aliphatic carbocycles. The lowest BCUT2D eigenvalue weighted by molar-refractivity contribution is -0.137. The van der Waals surface area contributed by atoms with Crippen molar-refractivity contribution in [3.05, 3.63) is 24.3 Å². The Morgan fingerprint density at radius 1 is 0.962 bits per heavy atom. The van der Waals surface area contributed by atoms with Crippen LogP contribution in [0.2, 0.25) is 0 Å². The van der Waals surface area contributed by atoms with E-state index < -0.39 is 0 Å². The molecule has 5 nitrogen and oxygen atoms in total. The maximum absolute atomic E-state index is 12.5. The second kappa shape index (κ2) is 9.81. The Labute approximate surface area is 157 Å². The maximum Gasteiger partial charge on any atom is 0.225 e. The van der Waals surface area contributed by atoms with E-state index in [0.717, 1.165) is 70.1 Å². The third-order valence-corrected chi connectivity index (χ3v) is 5.36. The molecule has 0 atom stereocenters. The van der Waals surface area contributed by atoms with Crippen LogP contribution in [0.3, 0.4) is 0 Å². The van der Waals surface area contributed by atoms with Gasteiger partial charge in [0.15, 0.2) is 0 Å². The van der Waals surface area contributed by atoms with Crippen LogP contribution in [0.25, 0.3) is 0 Å². The van der Waals surface area contributed by atoms with E-state index in [2.05, 4.69) is 16.7 Å². The highest BCUT2D eigenvalue weighted by atomic mass is 16.5. The van der Waals surface area contributed by atoms with Gasteiger partial charge < -0.3 is 14.4 Å². The summed E-state index contributed by atoms with van der Waals surface area (Å²) in [4.78, 5) is 16.9. The lowest BCUT2D eigenvalue weighted by atomic mass is 10.1. The van der Waals surface area contributed by atoms with Gasteiger partial charge in [-0.05, 0) is 43.5 Å². The predicted octanol–water partition coefficient (Wildman–Crippen LogP) is 3.19. The van der Waals surface area contributed by atoms with Crippen LogP contribution in [-0.4, -0.2) is 61.6 Å². The number of hydrogen-bond acceptors (Lipinski definition) is 4. The van der Waals surface area contributed by atoms with E-state index in [4.69, 9.17) is 9.47 Å². The Morgan fingerprint density at radius 3 is 2.12 bits per heavy atom. The molecule has 2 fully saturated rings. The highest BCUT2D eigenvalue weighted by molar-refractivity contribution is 5.79. The Bertz CT molecular complexity index is 547. The van der Waals surface area contributed by atoms with E-state index in [-0.39, 0.29) is 0 Å². The zero-order valence-corrected chi connectivity index (χ0v) is 16.0. The van der Waals surface area contributed by atoms with Crippen LogP contribution in [-0.2, 0) is 4.79 Å². The molecule has 0 aromatic heterocycles. The van der Waals surface area contributed by atoms with Crippen molar-refractivity contribution in [2.75, 3.05) is 45.9 Å². The molecule has 1 saturated heterocycles. The van der Waals surface area contributed by atoms with Gasteiger partial charge in [-0.2, -0.15) is 0 Å². The van der Waals surface area contributed by atoms with E-state index in [1.165, 1.54) is 12.8 Å². The number of ether oxygens (including phenoxy) is 2. The molecule has 5 heteroatoms. The first-order chi connectivity index (χ1) is 12.8. The zero-order valence-electron chi connectivity index (χ0n) is 16.0. The number of rotatable bonds is 8. The van der Waals surface area contributed by atoms with E-state index >= 15 is 0 Å². The molecule has 0 N–H and O–H groups in total. The standard InChI is InChI=1S/C21H32N2O3/c1-2-16-25-19-7-9-20(10-8-19)26-17-15-22-11-13-23(14-12-22)21(24)18-5-3-4-6-18/h7-10,18H,2-6,11-17H2,1H3. The fourth-order valence-corrected chi connectivity index (χ4v) is 3.77. The molecule has 1 amide bonds. The molecule has 26 heavy (non-hydrogen) atoms. The maximum atomic E-state index is 12.5. The first kappa shape index (κ1) is 19.0. The molecule has 1 aromatic carbocycles. The van der Waals surface area contributed by atoms with E-state index in [1.807, 2.05) is 24.3 Å². The van der Waals surface area contributed by atoms with Gasteiger partial charge in [-0.3, -0.25) is 9.69 Å². The van der Waals surface area contributed by atoms with Crippen LogP contribution in [0.15, 0.2) is 24.3 Å². The minimum Gasteiger partial charge on any atom is -0.494 e. The fourth-order valence-electron chi connectivity index (χ4n) is 3.77. The Balaban J connectivity index is 1.33. The highest BCUT2D eigenvalue weighted by Gasteiger charge is 2.29. The lowest BCUT2D eigenvalue weighted by Gasteiger charge is -2.35. The number of benzene rings is 1. The first-order valence-corrected chi connectivity index (χ1v) is 10.1. The highest BCUT2D eigenvalue weighted by Crippen LogP contribution is 2.27. The molecule has 1 aliphatic heterocycles. The Kier molecular flexibility index (Phi) is 7.18. The van der Waals surface area contributed by atoms with Crippen LogP contribution >= 0.6 is 0 Å². The summed E-state index contributed by atoms with van der Waals surface area (Å²) < 4.78 is 11.4. The first-order valence-electron chi connectivity index (χ1n) is 10.1. The molecule has 0 radical (unpaired) electrons. The van der Waals surface area contributed by atoms with Gasteiger partial charge in [-0.15, -0.1) is 0 Å². The van der Waals surface area contributed by atoms with Crippen LogP contribution in [0.1, 0.15) is 39.0 Å². The monoisotopic (exact) mass is 360 g/mol. The quantitative estimate of drug-likeness (QED) is 0.714. The lowest BCUT2D eigenvalue weighted by Crippen LogP contribution is -2.50. The number of nitrogens with zero attached hydrogens (tertiary/aromatic N) is 2. The van der Waals surface area contributed by atoms with Crippen molar-refractivity contribution < 1.29 is 14.3 Å². The van der Waals surface area contributed by atoms with Crippen molar-refractivity contribution in [2.24, 2.45) is 5.92 Å². The molecule has 1 saturated carbocycles. The molecule has 0 bridgehead atoms. The van der Waals surface area contributed by atoms with E-state index in [1.54, 1.807) is 0 Å². The fraction of sp³-hybridized carbons (Fsp3) is 0.667. The second-order valence-electron chi connectivity index (χ2n) is 7.32. The molecular weight excluding hydrogens is 328 g/mol. The summed E-state index contributed by atoms with van der Waals surface area (Å²) in [5.41, 5.74) is 0. The second-order valence-corrected chi connectivity index (χ2v) is 7.32. The third-order valence-electron chi connectivity index (χ3n) is 5.36. The van der Waals surface area contributed by atoms with Crippen molar-refractivity contribution in [3.8, 4) is 11.5 Å². The molecular formula is C21H32N2O3. The summed E-state index contributed by atoms with van der Waals surface area (Å²) >= 11 is 0. The van der Waals surface area contributed by atoms with Gasteiger partial charge in [-0.1, -0.05) is 19.8 Å². The van der Waals surface area contributed by atoms with Crippen molar-refractivity contribution >= 4 is 5.91 Å². The largest absolute Gasteiger partial charge is 0.494 e. The minimum absolute atomic E-state index is 0.300. The minimum atomic E-state index is 0.300. The van der Waals surface area contributed by atoms with E-state index in [9.17, 15) is 4.79 Å². The zero-order chi connectivity index (χ0) is 18.2. The van der Waals surface area contributed by atoms with Crippen molar-refractivity contribution in [1.29, 1.82) is 0 Å². The SMILES string of the molecule is CCCOc1ccc(OCCN2CCN(C(=O)C3CCCC3)CC2)cc1. The molecule has 3 rings (SSSR count). The van der Waals surface area contributed by atoms with Gasteiger partial charge in [0.05, 0.1) is 6.61 Å². The van der Waals surface area contributed by atoms with Crippen LogP contribution in [0, 0.1) is 5.92 Å². The van der Waals surface area contributed by atoms with Crippen molar-refractivity contribution in [3.63, 3.8) is 0 Å². The predicted molar refractivity (Wildman–Crippen MR) is 103 cm³/mol. The van der Waals surface area contributed by atoms with E-state index in [0.29, 0.717) is 18.4 Å². The number of carbonyl (C=O) groups excluding carboxylic acids is 1. The number of hydrogen-bond donors (Lipinski definition) is 0. The summed E-state index contributed by atoms with van der Waals surface area (Å²) in [6.45, 7) is 8.04. The smallest absolute Gasteiger partial charge is 0.225 e. The summed E-state index contributed by atoms with van der Waals surface area (Å²) in [6.07, 6.45) is 5.64. The number of piperazine rings is 1. The van der Waals surface area contributed by atoms with Crippen LogP contribution < -0.4 is 9.47 Å². The molecule has 2 aliphatic rings. The summed E-state index contributed by atoms with van der Waals surface area (Å²) in [7, 11) is 0. The van der Waals surface area contributed by atoms with Gasteiger partial charge >= 0.3 is 0 Å². The number of amides is 1. The summed E-state index contributed by atoms with van der Waals surface area (Å²) in [6, 6.07) is 7.84. The van der Waals surface area contributed by atoms with Gasteiger partial charge in [0.1, 0.15) is 18.1 Å². The number of carbonyl (C=O) groups is 1. The topological polar surface area (TPSA) is 42.0 Å². The Hall–Kier alpha value is -1.75. The average molecular weight is 360 g/mol. The average Bonchev–Trinajstić information content (AvgIpc) is 3.22. The van der Waals surface area contributed by atoms with Crippen LogP contribution in [0.4, 0.5) is 0 Å². The third kappa shape index (κ3) is 5.37. The van der Waals surface area contributed by atoms with Crippen molar-refractivity contribution in [1.82, 2.24) is 9.80 Å². The molecule has 1 heterocycles. The normalized spacial score (nSPS) is 18.9. The Morgan fingerprint density at radius 2 is 1.54 bits per heavy atom. The summed E-state index contributed by atoms with van der Waals surface area (Å²) in [5, 5.41) is 0. The van der Waals surface area contributed by atoms with Gasteiger partial charge in [0.25, 0.3) is 0 Å². The molecule has 1 aromatic rings. The van der Waals surface area contributed by atoms with Crippen molar-refractivity contribution in [2.45, 2.75) is 39.0 Å². The van der Waals surface area contributed by atoms with Gasteiger partial charge in [-0.25, -0.2) is 0 Å². The van der Waals surface area contributed by atoms with Gasteiger partial charge in [0.2, 0.25) is 5.91 Å². The van der Waals surface area contributed by atoms with Gasteiger partial charge in [0, 0.05) is 38.6 Å².